The summed E-state index contributed by atoms with van der Waals surface area (Å²) in [6, 6.07) is 3.76. The van der Waals surface area contributed by atoms with E-state index < -0.39 is 0 Å². The van der Waals surface area contributed by atoms with Crippen LogP contribution in [0.2, 0.25) is 0 Å². The summed E-state index contributed by atoms with van der Waals surface area (Å²) in [6.45, 7) is 2.64. The number of pyridine rings is 1. The van der Waals surface area contributed by atoms with Gasteiger partial charge < -0.3 is 4.90 Å². The van der Waals surface area contributed by atoms with E-state index in [0.717, 1.165) is 18.2 Å². The Labute approximate surface area is 90.1 Å². The first-order chi connectivity index (χ1) is 7.16. The number of hydrogen-bond acceptors (Lipinski definition) is 3. The van der Waals surface area contributed by atoms with Gasteiger partial charge in [-0.2, -0.15) is 0 Å². The summed E-state index contributed by atoms with van der Waals surface area (Å²) in [5.41, 5.74) is 1.63. The zero-order chi connectivity index (χ0) is 10.8. The quantitative estimate of drug-likeness (QED) is 0.704. The molecule has 1 aromatic heterocycles. The fourth-order valence-corrected chi connectivity index (χ4v) is 1.61. The van der Waals surface area contributed by atoms with Gasteiger partial charge in [-0.3, -0.25) is 9.78 Å². The Morgan fingerprint density at radius 2 is 2.27 bits per heavy atom. The smallest absolute Gasteiger partial charge is 0.178 e. The number of carbonyl (C=O) groups excluding carboxylic acids is 1. The summed E-state index contributed by atoms with van der Waals surface area (Å²) in [5.74, 6) is 0.883. The maximum atomic E-state index is 11.0. The number of ketones is 1. The molecular formula is C12H16N2O. The number of carbonyl (C=O) groups is 1. The second-order valence-electron chi connectivity index (χ2n) is 4.28. The molecular weight excluding hydrogens is 188 g/mol. The molecule has 15 heavy (non-hydrogen) atoms. The van der Waals surface area contributed by atoms with Crippen LogP contribution in [0.15, 0.2) is 18.3 Å². The van der Waals surface area contributed by atoms with Crippen molar-refractivity contribution >= 4 is 11.5 Å². The van der Waals surface area contributed by atoms with E-state index in [0.29, 0.717) is 5.69 Å². The molecule has 1 aliphatic rings. The lowest BCUT2D eigenvalue weighted by molar-refractivity contribution is 0.101. The van der Waals surface area contributed by atoms with E-state index in [4.69, 9.17) is 0 Å². The largest absolute Gasteiger partial charge is 0.373 e. The van der Waals surface area contributed by atoms with Gasteiger partial charge in [0.15, 0.2) is 5.78 Å². The number of anilines is 1. The van der Waals surface area contributed by atoms with E-state index in [9.17, 15) is 4.79 Å². The van der Waals surface area contributed by atoms with Gasteiger partial charge in [-0.1, -0.05) is 0 Å². The molecule has 3 nitrogen and oxygen atoms in total. The summed E-state index contributed by atoms with van der Waals surface area (Å²) >= 11 is 0. The lowest BCUT2D eigenvalue weighted by atomic mass is 10.2. The molecule has 1 aromatic rings. The summed E-state index contributed by atoms with van der Waals surface area (Å²) in [7, 11) is 2.07. The van der Waals surface area contributed by atoms with Crippen molar-refractivity contribution in [3.05, 3.63) is 24.0 Å². The molecule has 0 saturated heterocycles. The van der Waals surface area contributed by atoms with E-state index in [1.807, 2.05) is 6.07 Å². The summed E-state index contributed by atoms with van der Waals surface area (Å²) in [5, 5.41) is 0. The minimum absolute atomic E-state index is 0.0198. The van der Waals surface area contributed by atoms with Gasteiger partial charge in [0.25, 0.3) is 0 Å². The number of aromatic nitrogens is 1. The zero-order valence-corrected chi connectivity index (χ0v) is 9.23. The number of hydrogen-bond donors (Lipinski definition) is 0. The fourth-order valence-electron chi connectivity index (χ4n) is 1.61. The van der Waals surface area contributed by atoms with Crippen LogP contribution in [0.3, 0.4) is 0 Å². The highest BCUT2D eigenvalue weighted by molar-refractivity contribution is 5.92. The molecule has 1 saturated carbocycles. The van der Waals surface area contributed by atoms with Crippen LogP contribution in [0, 0.1) is 5.92 Å². The average molecular weight is 204 g/mol. The summed E-state index contributed by atoms with van der Waals surface area (Å²) in [6.07, 6.45) is 4.48. The average Bonchev–Trinajstić information content (AvgIpc) is 3.02. The second kappa shape index (κ2) is 4.01. The first-order valence-corrected chi connectivity index (χ1v) is 5.35. The number of Topliss-reactive ketones (excluding diaryl/α,β-unsaturated/α-hetero) is 1. The van der Waals surface area contributed by atoms with Gasteiger partial charge in [0.1, 0.15) is 5.69 Å². The molecule has 0 aromatic carbocycles. The maximum absolute atomic E-state index is 11.0. The highest BCUT2D eigenvalue weighted by Crippen LogP contribution is 2.30. The van der Waals surface area contributed by atoms with Crippen LogP contribution in [0.1, 0.15) is 30.3 Å². The van der Waals surface area contributed by atoms with Gasteiger partial charge in [-0.25, -0.2) is 0 Å². The molecule has 0 aliphatic heterocycles. The van der Waals surface area contributed by atoms with Gasteiger partial charge in [0.05, 0.1) is 11.9 Å². The third kappa shape index (κ3) is 2.55. The van der Waals surface area contributed by atoms with Crippen LogP contribution in [0.5, 0.6) is 0 Å². The molecule has 0 unspecified atom stereocenters. The van der Waals surface area contributed by atoms with Crippen molar-refractivity contribution in [2.75, 3.05) is 18.5 Å². The Balaban J connectivity index is 2.04. The molecule has 3 heteroatoms. The molecule has 1 heterocycles. The minimum atomic E-state index is 0.0198. The molecule has 0 radical (unpaired) electrons. The van der Waals surface area contributed by atoms with Crippen molar-refractivity contribution in [2.24, 2.45) is 5.92 Å². The first kappa shape index (κ1) is 10.1. The monoisotopic (exact) mass is 204 g/mol. The third-order valence-corrected chi connectivity index (χ3v) is 2.78. The predicted molar refractivity (Wildman–Crippen MR) is 60.2 cm³/mol. The van der Waals surface area contributed by atoms with Crippen molar-refractivity contribution in [1.29, 1.82) is 0 Å². The Bertz CT molecular complexity index is 354. The normalized spacial score (nSPS) is 15.1. The lowest BCUT2D eigenvalue weighted by Gasteiger charge is -2.18. The van der Waals surface area contributed by atoms with Gasteiger partial charge in [-0.15, -0.1) is 0 Å². The highest BCUT2D eigenvalue weighted by atomic mass is 16.1. The van der Waals surface area contributed by atoms with E-state index >= 15 is 0 Å². The Morgan fingerprint density at radius 1 is 1.53 bits per heavy atom. The van der Waals surface area contributed by atoms with Gasteiger partial charge in [0, 0.05) is 20.5 Å². The molecule has 1 aliphatic carbocycles. The highest BCUT2D eigenvalue weighted by Gasteiger charge is 2.22. The molecule has 0 N–H and O–H groups in total. The van der Waals surface area contributed by atoms with Crippen LogP contribution in [0.25, 0.3) is 0 Å². The van der Waals surface area contributed by atoms with Crippen LogP contribution in [-0.4, -0.2) is 24.4 Å². The van der Waals surface area contributed by atoms with E-state index in [1.165, 1.54) is 19.8 Å². The molecule has 2 rings (SSSR count). The lowest BCUT2D eigenvalue weighted by Crippen LogP contribution is -2.20. The van der Waals surface area contributed by atoms with Gasteiger partial charge in [-0.05, 0) is 30.9 Å². The van der Waals surface area contributed by atoms with Crippen LogP contribution in [-0.2, 0) is 0 Å². The van der Waals surface area contributed by atoms with Crippen molar-refractivity contribution in [3.63, 3.8) is 0 Å². The zero-order valence-electron chi connectivity index (χ0n) is 9.23. The standard InChI is InChI=1S/C12H16N2O/c1-9(15)12-6-5-11(7-13-12)14(2)8-10-3-4-10/h5-7,10H,3-4,8H2,1-2H3. The van der Waals surface area contributed by atoms with E-state index in [-0.39, 0.29) is 5.78 Å². The Morgan fingerprint density at radius 3 is 2.73 bits per heavy atom. The van der Waals surface area contributed by atoms with Crippen LogP contribution in [0.4, 0.5) is 5.69 Å². The summed E-state index contributed by atoms with van der Waals surface area (Å²) in [4.78, 5) is 17.4. The minimum Gasteiger partial charge on any atom is -0.373 e. The molecule has 0 spiro atoms. The Kier molecular flexibility index (Phi) is 2.71. The van der Waals surface area contributed by atoms with Gasteiger partial charge in [0.2, 0.25) is 0 Å². The van der Waals surface area contributed by atoms with Crippen molar-refractivity contribution in [1.82, 2.24) is 4.98 Å². The topological polar surface area (TPSA) is 33.2 Å². The van der Waals surface area contributed by atoms with E-state index in [1.54, 1.807) is 12.3 Å². The molecule has 80 valence electrons. The summed E-state index contributed by atoms with van der Waals surface area (Å²) < 4.78 is 0. The number of nitrogens with zero attached hydrogens (tertiary/aromatic N) is 2. The molecule has 1 fully saturated rings. The third-order valence-electron chi connectivity index (χ3n) is 2.78. The molecule has 0 atom stereocenters. The Hall–Kier alpha value is -1.38. The number of rotatable bonds is 4. The van der Waals surface area contributed by atoms with Crippen LogP contribution >= 0.6 is 0 Å². The van der Waals surface area contributed by atoms with E-state index in [2.05, 4.69) is 16.9 Å². The van der Waals surface area contributed by atoms with Gasteiger partial charge >= 0.3 is 0 Å². The van der Waals surface area contributed by atoms with Crippen molar-refractivity contribution in [2.45, 2.75) is 19.8 Å². The van der Waals surface area contributed by atoms with Crippen molar-refractivity contribution < 1.29 is 4.79 Å². The van der Waals surface area contributed by atoms with Crippen molar-refractivity contribution in [3.8, 4) is 0 Å². The predicted octanol–water partition coefficient (Wildman–Crippen LogP) is 2.13. The molecule has 0 bridgehead atoms. The molecule has 0 amide bonds. The SMILES string of the molecule is CC(=O)c1ccc(N(C)CC2CC2)cn1. The fraction of sp³-hybridized carbons (Fsp3) is 0.500. The maximum Gasteiger partial charge on any atom is 0.178 e. The second-order valence-corrected chi connectivity index (χ2v) is 4.28. The van der Waals surface area contributed by atoms with Crippen LogP contribution < -0.4 is 4.90 Å². The first-order valence-electron chi connectivity index (χ1n) is 5.35.